The lowest BCUT2D eigenvalue weighted by Gasteiger charge is -2.33. The van der Waals surface area contributed by atoms with Crippen molar-refractivity contribution in [1.82, 2.24) is 19.7 Å². The molecular formula is C22H35F3N5O9P. The minimum Gasteiger partial charge on any atom is -0.462 e. The van der Waals surface area contributed by atoms with Crippen LogP contribution in [-0.4, -0.2) is 81.8 Å². The van der Waals surface area contributed by atoms with Crippen LogP contribution in [-0.2, 0) is 32.9 Å². The van der Waals surface area contributed by atoms with Gasteiger partial charge in [-0.2, -0.15) is 4.98 Å². The molecule has 2 heterocycles. The third-order valence-electron chi connectivity index (χ3n) is 5.52. The zero-order valence-corrected chi connectivity index (χ0v) is 23.6. The zero-order chi connectivity index (χ0) is 30.6. The van der Waals surface area contributed by atoms with Gasteiger partial charge in [-0.25, -0.2) is 28.1 Å². The highest BCUT2D eigenvalue weighted by atomic mass is 31.2. The minimum absolute atomic E-state index is 0.230. The van der Waals surface area contributed by atoms with Gasteiger partial charge in [0.05, 0.1) is 18.8 Å². The number of rotatable bonds is 13. The van der Waals surface area contributed by atoms with Gasteiger partial charge in [0.15, 0.2) is 18.0 Å². The van der Waals surface area contributed by atoms with E-state index in [4.69, 9.17) is 24.5 Å². The number of aliphatic hydroxyl groups excluding tert-OH is 1. The van der Waals surface area contributed by atoms with E-state index in [9.17, 15) is 32.8 Å². The quantitative estimate of drug-likeness (QED) is 0.185. The maximum atomic E-state index is 15.1. The lowest BCUT2D eigenvalue weighted by Crippen LogP contribution is -2.53. The molecule has 0 amide bonds. The van der Waals surface area contributed by atoms with E-state index in [1.165, 1.54) is 13.8 Å². The normalized spacial score (nSPS) is 24.9. The van der Waals surface area contributed by atoms with E-state index < -0.39 is 86.7 Å². The predicted octanol–water partition coefficient (Wildman–Crippen LogP) is 1.04. The first-order chi connectivity index (χ1) is 18.4. The van der Waals surface area contributed by atoms with E-state index in [-0.39, 0.29) is 5.82 Å². The van der Waals surface area contributed by atoms with Crippen LogP contribution in [0.3, 0.4) is 0 Å². The number of nitrogens with one attached hydrogen (secondary N) is 2. The van der Waals surface area contributed by atoms with Crippen molar-refractivity contribution in [3.63, 3.8) is 0 Å². The third-order valence-corrected chi connectivity index (χ3v) is 7.47. The van der Waals surface area contributed by atoms with Crippen LogP contribution in [0, 0.1) is 0 Å². The fourth-order valence-electron chi connectivity index (χ4n) is 3.57. The van der Waals surface area contributed by atoms with Crippen LogP contribution >= 0.6 is 7.67 Å². The number of ether oxygens (including phenoxy) is 3. The summed E-state index contributed by atoms with van der Waals surface area (Å²) in [6.45, 7) is 7.27. The van der Waals surface area contributed by atoms with Crippen molar-refractivity contribution in [1.29, 1.82) is 0 Å². The number of esters is 2. The van der Waals surface area contributed by atoms with Gasteiger partial charge in [0.2, 0.25) is 0 Å². The summed E-state index contributed by atoms with van der Waals surface area (Å²) in [5.74, 6) is -2.01. The van der Waals surface area contributed by atoms with Gasteiger partial charge in [0.25, 0.3) is 6.43 Å². The molecule has 0 unspecified atom stereocenters. The van der Waals surface area contributed by atoms with Gasteiger partial charge in [-0.05, 0) is 47.6 Å². The number of aromatic nitrogens is 2. The topological polar surface area (TPSA) is 193 Å². The molecule has 1 aromatic heterocycles. The van der Waals surface area contributed by atoms with Crippen LogP contribution < -0.4 is 21.6 Å². The molecule has 2 rings (SSSR count). The smallest absolute Gasteiger partial charge is 0.351 e. The lowest BCUT2D eigenvalue weighted by molar-refractivity contribution is -0.192. The Labute approximate surface area is 228 Å². The maximum absolute atomic E-state index is 15.1. The summed E-state index contributed by atoms with van der Waals surface area (Å²) < 4.78 is 78.6. The molecule has 14 nitrogen and oxygen atoms in total. The summed E-state index contributed by atoms with van der Waals surface area (Å²) in [5, 5.41) is 15.1. The molecule has 1 aliphatic rings. The Morgan fingerprint density at radius 2 is 1.65 bits per heavy atom. The van der Waals surface area contributed by atoms with Crippen LogP contribution in [0.2, 0.25) is 0 Å². The highest BCUT2D eigenvalue weighted by Gasteiger charge is 2.62. The molecule has 0 bridgehead atoms. The molecule has 0 saturated carbocycles. The Hall–Kier alpha value is -2.56. The van der Waals surface area contributed by atoms with Crippen molar-refractivity contribution in [2.24, 2.45) is 0 Å². The van der Waals surface area contributed by atoms with Crippen LogP contribution in [0.15, 0.2) is 17.1 Å². The first-order valence-corrected chi connectivity index (χ1v) is 13.9. The molecule has 5 N–H and O–H groups in total. The SMILES string of the molecule is CC(C)OC(=O)[C@H](C)NP(=O)(N[C@@H](C)C(=O)OC(C)C)OC[C@@]1(C(F)F)O[C@@H](n2ccc(N)nc2=O)[C@@H](F)[C@@H]1O. The van der Waals surface area contributed by atoms with Crippen molar-refractivity contribution < 1.29 is 51.2 Å². The molecule has 18 heteroatoms. The Morgan fingerprint density at radius 1 is 1.15 bits per heavy atom. The lowest BCUT2D eigenvalue weighted by atomic mass is 9.97. The van der Waals surface area contributed by atoms with Gasteiger partial charge >= 0.3 is 25.3 Å². The molecule has 0 aromatic carbocycles. The van der Waals surface area contributed by atoms with Crippen LogP contribution in [0.5, 0.6) is 0 Å². The summed E-state index contributed by atoms with van der Waals surface area (Å²) in [6.07, 6.45) is -11.0. The summed E-state index contributed by atoms with van der Waals surface area (Å²) in [6, 6.07) is -1.63. The maximum Gasteiger partial charge on any atom is 0.351 e. The number of carbonyl (C=O) groups is 2. The fourth-order valence-corrected chi connectivity index (χ4v) is 5.40. The van der Waals surface area contributed by atoms with Crippen LogP contribution in [0.1, 0.15) is 47.8 Å². The summed E-state index contributed by atoms with van der Waals surface area (Å²) in [5.41, 5.74) is 1.11. The predicted molar refractivity (Wildman–Crippen MR) is 134 cm³/mol. The molecule has 1 saturated heterocycles. The second-order valence-electron chi connectivity index (χ2n) is 9.69. The third kappa shape index (κ3) is 8.01. The zero-order valence-electron chi connectivity index (χ0n) is 22.7. The van der Waals surface area contributed by atoms with E-state index in [2.05, 4.69) is 15.2 Å². The van der Waals surface area contributed by atoms with Gasteiger partial charge in [-0.1, -0.05) is 0 Å². The second kappa shape index (κ2) is 13.4. The molecule has 0 spiro atoms. The van der Waals surface area contributed by atoms with Crippen molar-refractivity contribution in [2.45, 2.75) is 96.4 Å². The van der Waals surface area contributed by atoms with E-state index in [0.717, 1.165) is 12.3 Å². The first kappa shape index (κ1) is 33.6. The highest BCUT2D eigenvalue weighted by Crippen LogP contribution is 2.47. The van der Waals surface area contributed by atoms with Gasteiger partial charge in [0.1, 0.15) is 24.0 Å². The molecule has 40 heavy (non-hydrogen) atoms. The number of carbonyl (C=O) groups excluding carboxylic acids is 2. The average molecular weight is 602 g/mol. The Morgan fingerprint density at radius 3 is 2.08 bits per heavy atom. The number of hydrogen-bond donors (Lipinski definition) is 4. The Kier molecular flexibility index (Phi) is 11.3. The summed E-state index contributed by atoms with van der Waals surface area (Å²) >= 11 is 0. The number of nitrogens with zero attached hydrogens (tertiary/aromatic N) is 2. The Balaban J connectivity index is 2.38. The first-order valence-electron chi connectivity index (χ1n) is 12.3. The molecule has 1 aliphatic heterocycles. The average Bonchev–Trinajstić information content (AvgIpc) is 3.08. The number of nitrogen functional groups attached to an aromatic ring is 1. The monoisotopic (exact) mass is 601 g/mol. The fraction of sp³-hybridized carbons (Fsp3) is 0.727. The molecule has 228 valence electrons. The number of alkyl halides is 3. The van der Waals surface area contributed by atoms with Crippen molar-refractivity contribution in [3.8, 4) is 0 Å². The highest BCUT2D eigenvalue weighted by molar-refractivity contribution is 7.54. The van der Waals surface area contributed by atoms with E-state index in [0.29, 0.717) is 4.57 Å². The van der Waals surface area contributed by atoms with Gasteiger partial charge in [0, 0.05) is 6.20 Å². The second-order valence-corrected chi connectivity index (χ2v) is 11.6. The van der Waals surface area contributed by atoms with Crippen LogP contribution in [0.25, 0.3) is 0 Å². The van der Waals surface area contributed by atoms with E-state index in [1.54, 1.807) is 27.7 Å². The Bertz CT molecular complexity index is 1120. The summed E-state index contributed by atoms with van der Waals surface area (Å²) in [4.78, 5) is 40.2. The van der Waals surface area contributed by atoms with Gasteiger partial charge in [-0.3, -0.25) is 18.7 Å². The largest absolute Gasteiger partial charge is 0.462 e. The molecule has 0 aliphatic carbocycles. The minimum atomic E-state index is -4.66. The van der Waals surface area contributed by atoms with E-state index in [1.807, 2.05) is 0 Å². The number of anilines is 1. The van der Waals surface area contributed by atoms with Crippen molar-refractivity contribution >= 4 is 25.4 Å². The van der Waals surface area contributed by atoms with Crippen molar-refractivity contribution in [2.75, 3.05) is 12.3 Å². The van der Waals surface area contributed by atoms with Crippen LogP contribution in [0.4, 0.5) is 19.0 Å². The number of hydrogen-bond acceptors (Lipinski definition) is 11. The van der Waals surface area contributed by atoms with Gasteiger partial charge in [-0.15, -0.1) is 0 Å². The molecule has 1 aromatic rings. The molecular weight excluding hydrogens is 566 g/mol. The molecule has 0 radical (unpaired) electrons. The standard InChI is InChI=1S/C22H35F3N5O9P/c1-10(2)37-18(32)12(5)28-40(35,29-13(6)19(33)38-11(3)4)36-9-22(20(24)25)16(31)15(23)17(39-22)30-8-7-14(26)27-21(30)34/h7-8,10-13,15-17,20,31H,9H2,1-6H3,(H2,26,27,34)(H2,28,29,35)/t12-,13-,15-,16-,17+,22+/m0/s1. The molecule has 6 atom stereocenters. The van der Waals surface area contributed by atoms with E-state index >= 15 is 4.39 Å². The number of nitrogens with two attached hydrogens (primary N) is 1. The summed E-state index contributed by atoms with van der Waals surface area (Å²) in [7, 11) is -4.66. The van der Waals surface area contributed by atoms with Crippen molar-refractivity contribution in [3.05, 3.63) is 22.7 Å². The van der Waals surface area contributed by atoms with Gasteiger partial charge < -0.3 is 29.6 Å². The number of aliphatic hydroxyl groups is 1. The number of halogens is 3. The molecule has 1 fully saturated rings.